The van der Waals surface area contributed by atoms with Gasteiger partial charge in [0.1, 0.15) is 21.9 Å². The van der Waals surface area contributed by atoms with Crippen molar-refractivity contribution >= 4 is 10.2 Å². The number of hydrogen-bond donors (Lipinski definition) is 0. The van der Waals surface area contributed by atoms with Gasteiger partial charge in [0.15, 0.2) is 0 Å². The quantitative estimate of drug-likeness (QED) is 0.254. The van der Waals surface area contributed by atoms with Gasteiger partial charge in [-0.25, -0.2) is 0 Å². The van der Waals surface area contributed by atoms with Crippen molar-refractivity contribution < 1.29 is 4.70 Å². The smallest absolute Gasteiger partial charge is 0.150 e. The van der Waals surface area contributed by atoms with Crippen LogP contribution in [0.1, 0.15) is 6.92 Å². The van der Waals surface area contributed by atoms with Gasteiger partial charge in [0.05, 0.1) is 0 Å². The Kier molecular flexibility index (Phi) is 1.08. The summed E-state index contributed by atoms with van der Waals surface area (Å²) in [6.45, 7) is 2.49. The first-order valence-electron chi connectivity index (χ1n) is 2.52. The predicted molar refractivity (Wildman–Crippen MR) is 31.8 cm³/mol. The molecule has 8 heavy (non-hydrogen) atoms. The molecule has 0 aromatic carbocycles. The van der Waals surface area contributed by atoms with Crippen LogP contribution < -0.4 is 0 Å². The molecule has 0 N–H and O–H groups in total. The van der Waals surface area contributed by atoms with Gasteiger partial charge >= 0.3 is 0 Å². The number of rotatable bonds is 0. The topological polar surface area (TPSA) is 25.3 Å². The SMILES string of the molecule is CC1([Si])C=CC[N+]1=[N-]. The molecule has 0 amide bonds. The molecule has 1 aliphatic rings. The Hall–Kier alpha value is -0.443. The van der Waals surface area contributed by atoms with Crippen molar-refractivity contribution in [2.24, 2.45) is 0 Å². The van der Waals surface area contributed by atoms with Crippen molar-refractivity contribution in [2.75, 3.05) is 6.54 Å². The molecule has 0 aromatic rings. The zero-order valence-corrected chi connectivity index (χ0v) is 5.76. The van der Waals surface area contributed by atoms with Crippen molar-refractivity contribution in [3.8, 4) is 0 Å². The van der Waals surface area contributed by atoms with Crippen molar-refractivity contribution in [3.05, 3.63) is 17.7 Å². The molecule has 1 aliphatic heterocycles. The highest BCUT2D eigenvalue weighted by Gasteiger charge is 2.25. The third-order valence-corrected chi connectivity index (χ3v) is 1.68. The fraction of sp³-hybridized carbons (Fsp3) is 0.600. The second-order valence-corrected chi connectivity index (χ2v) is 3.14. The van der Waals surface area contributed by atoms with Crippen LogP contribution in [0.4, 0.5) is 0 Å². The zero-order valence-electron chi connectivity index (χ0n) is 4.76. The first-order valence-corrected chi connectivity index (χ1v) is 3.02. The Bertz CT molecular complexity index is 149. The number of nitrogens with zero attached hydrogens (tertiary/aromatic N) is 2. The third kappa shape index (κ3) is 0.732. The standard InChI is InChI=1S/C5H7N2Si/c1-5(8)3-2-4-7(5)6/h2-3H,4H2,1H3. The number of hydrogen-bond acceptors (Lipinski definition) is 0. The van der Waals surface area contributed by atoms with E-state index in [-0.39, 0.29) is 5.16 Å². The summed E-state index contributed by atoms with van der Waals surface area (Å²) in [5.41, 5.74) is 8.98. The molecule has 3 heteroatoms. The summed E-state index contributed by atoms with van der Waals surface area (Å²) in [4.78, 5) is 0. The summed E-state index contributed by atoms with van der Waals surface area (Å²) in [7, 11) is 3.35. The van der Waals surface area contributed by atoms with Crippen LogP contribution in [0.25, 0.3) is 5.53 Å². The van der Waals surface area contributed by atoms with Crippen molar-refractivity contribution in [1.29, 1.82) is 0 Å². The van der Waals surface area contributed by atoms with Gasteiger partial charge in [-0.15, -0.1) is 0 Å². The van der Waals surface area contributed by atoms with Crippen LogP contribution in [-0.2, 0) is 0 Å². The second-order valence-electron chi connectivity index (χ2n) is 2.13. The van der Waals surface area contributed by atoms with Gasteiger partial charge in [-0.3, -0.25) is 0 Å². The molecule has 0 aromatic heterocycles. The summed E-state index contributed by atoms with van der Waals surface area (Å²) in [5.74, 6) is 0. The van der Waals surface area contributed by atoms with E-state index in [0.29, 0.717) is 6.54 Å². The Morgan fingerprint density at radius 3 is 2.62 bits per heavy atom. The van der Waals surface area contributed by atoms with E-state index < -0.39 is 0 Å². The van der Waals surface area contributed by atoms with Crippen molar-refractivity contribution in [1.82, 2.24) is 0 Å². The summed E-state index contributed by atoms with van der Waals surface area (Å²) in [6.07, 6.45) is 3.82. The van der Waals surface area contributed by atoms with Gasteiger partial charge in [-0.05, 0) is 19.1 Å². The molecule has 3 radical (unpaired) electrons. The Labute approximate surface area is 52.1 Å². The summed E-state index contributed by atoms with van der Waals surface area (Å²) in [5, 5.41) is -0.333. The first-order chi connectivity index (χ1) is 3.63. The maximum atomic E-state index is 8.98. The molecule has 1 rings (SSSR count). The Morgan fingerprint density at radius 2 is 2.50 bits per heavy atom. The van der Waals surface area contributed by atoms with E-state index in [1.165, 1.54) is 4.70 Å². The van der Waals surface area contributed by atoms with Crippen LogP contribution >= 0.6 is 0 Å². The molecule has 1 heterocycles. The summed E-state index contributed by atoms with van der Waals surface area (Å²) in [6, 6.07) is 0. The molecule has 0 saturated carbocycles. The van der Waals surface area contributed by atoms with Gasteiger partial charge < -0.3 is 10.2 Å². The van der Waals surface area contributed by atoms with Crippen molar-refractivity contribution in [3.63, 3.8) is 0 Å². The van der Waals surface area contributed by atoms with Crippen LogP contribution in [-0.4, -0.2) is 26.6 Å². The van der Waals surface area contributed by atoms with Gasteiger partial charge in [0.25, 0.3) is 0 Å². The van der Waals surface area contributed by atoms with E-state index >= 15 is 0 Å². The van der Waals surface area contributed by atoms with Crippen LogP contribution in [0.15, 0.2) is 12.2 Å². The van der Waals surface area contributed by atoms with Crippen LogP contribution in [0.5, 0.6) is 0 Å². The second kappa shape index (κ2) is 1.52. The maximum absolute atomic E-state index is 8.98. The monoisotopic (exact) mass is 123 g/mol. The minimum atomic E-state index is -0.333. The van der Waals surface area contributed by atoms with Crippen molar-refractivity contribution in [2.45, 2.75) is 12.1 Å². The van der Waals surface area contributed by atoms with Gasteiger partial charge in [-0.2, -0.15) is 0 Å². The molecular formula is C5H7N2Si. The fourth-order valence-corrected chi connectivity index (χ4v) is 0.867. The Balaban J connectivity index is 2.82. The normalized spacial score (nSPS) is 36.5. The van der Waals surface area contributed by atoms with Gasteiger partial charge in [0.2, 0.25) is 0 Å². The van der Waals surface area contributed by atoms with Crippen LogP contribution in [0.3, 0.4) is 0 Å². The minimum absolute atomic E-state index is 0.333. The largest absolute Gasteiger partial charge is 0.506 e. The lowest BCUT2D eigenvalue weighted by Crippen LogP contribution is -2.31. The predicted octanol–water partition coefficient (Wildman–Crippen LogP) is 0.475. The van der Waals surface area contributed by atoms with Gasteiger partial charge in [0, 0.05) is 0 Å². The van der Waals surface area contributed by atoms with Crippen LogP contribution in [0.2, 0.25) is 0 Å². The maximum Gasteiger partial charge on any atom is 0.150 e. The van der Waals surface area contributed by atoms with E-state index in [1.807, 2.05) is 19.1 Å². The molecule has 0 spiro atoms. The highest BCUT2D eigenvalue weighted by Crippen LogP contribution is 2.11. The molecule has 0 fully saturated rings. The average molecular weight is 123 g/mol. The molecular weight excluding hydrogens is 116 g/mol. The van der Waals surface area contributed by atoms with E-state index in [4.69, 9.17) is 5.53 Å². The highest BCUT2D eigenvalue weighted by molar-refractivity contribution is 6.15. The van der Waals surface area contributed by atoms with E-state index in [9.17, 15) is 0 Å². The van der Waals surface area contributed by atoms with Gasteiger partial charge in [-0.1, -0.05) is 0 Å². The first kappa shape index (κ1) is 5.69. The fourth-order valence-electron chi connectivity index (χ4n) is 0.658. The van der Waals surface area contributed by atoms with E-state index in [1.54, 1.807) is 0 Å². The van der Waals surface area contributed by atoms with E-state index in [2.05, 4.69) is 10.2 Å². The lowest BCUT2D eigenvalue weighted by molar-refractivity contribution is -0.570. The summed E-state index contributed by atoms with van der Waals surface area (Å²) >= 11 is 0. The highest BCUT2D eigenvalue weighted by atomic mass is 28.1. The lowest BCUT2D eigenvalue weighted by Gasteiger charge is -2.15. The summed E-state index contributed by atoms with van der Waals surface area (Å²) < 4.78 is 1.23. The van der Waals surface area contributed by atoms with E-state index in [0.717, 1.165) is 0 Å². The molecule has 1 atom stereocenters. The van der Waals surface area contributed by atoms with Crippen LogP contribution in [0, 0.1) is 0 Å². The molecule has 0 bridgehead atoms. The third-order valence-electron chi connectivity index (χ3n) is 1.26. The molecule has 41 valence electrons. The zero-order chi connectivity index (χ0) is 6.20. The molecule has 1 unspecified atom stereocenters. The lowest BCUT2D eigenvalue weighted by atomic mass is 10.3. The average Bonchev–Trinajstić information content (AvgIpc) is 1.86. The molecule has 2 nitrogen and oxygen atoms in total. The Morgan fingerprint density at radius 1 is 1.88 bits per heavy atom. The molecule has 0 aliphatic carbocycles. The molecule has 0 saturated heterocycles. The minimum Gasteiger partial charge on any atom is -0.506 e.